The van der Waals surface area contributed by atoms with E-state index >= 15 is 0 Å². The van der Waals surface area contributed by atoms with Gasteiger partial charge < -0.3 is 19.9 Å². The van der Waals surface area contributed by atoms with Crippen molar-refractivity contribution in [3.63, 3.8) is 0 Å². The Kier molecular flexibility index (Phi) is 14.2. The van der Waals surface area contributed by atoms with Crippen LogP contribution in [0.1, 0.15) is 69.4 Å². The average Bonchev–Trinajstić information content (AvgIpc) is 3.21. The highest BCUT2D eigenvalue weighted by molar-refractivity contribution is 14.0. The number of ether oxygens (including phenoxy) is 1. The number of guanidine groups is 1. The first-order valence-corrected chi connectivity index (χ1v) is 10.9. The number of unbranched alkanes of at least 4 members (excludes halogenated alkanes) is 1. The summed E-state index contributed by atoms with van der Waals surface area (Å²) >= 11 is 0. The van der Waals surface area contributed by atoms with Crippen LogP contribution in [0.5, 0.6) is 0 Å². The summed E-state index contributed by atoms with van der Waals surface area (Å²) < 4.78 is 11.2. The first-order valence-electron chi connectivity index (χ1n) is 10.9. The topological polar surface area (TPSA) is 71.7 Å². The fraction of sp³-hybridized carbons (Fsp3) is 0.565. The molecule has 2 rings (SSSR count). The zero-order chi connectivity index (χ0) is 20.7. The van der Waals surface area contributed by atoms with Crippen molar-refractivity contribution in [3.8, 4) is 0 Å². The van der Waals surface area contributed by atoms with Crippen molar-refractivity contribution < 1.29 is 9.26 Å². The number of benzene rings is 1. The molecule has 1 aromatic heterocycles. The van der Waals surface area contributed by atoms with Gasteiger partial charge >= 0.3 is 0 Å². The Hall–Kier alpha value is -1.61. The van der Waals surface area contributed by atoms with E-state index in [0.717, 1.165) is 62.8 Å². The second-order valence-electron chi connectivity index (χ2n) is 7.10. The molecule has 0 bridgehead atoms. The molecule has 0 saturated heterocycles. The highest BCUT2D eigenvalue weighted by atomic mass is 127. The molecule has 0 atom stereocenters. The molecule has 0 amide bonds. The molecule has 168 valence electrons. The molecule has 0 unspecified atom stereocenters. The number of hydrogen-bond donors (Lipinski definition) is 2. The molecule has 6 nitrogen and oxygen atoms in total. The molecule has 0 spiro atoms. The van der Waals surface area contributed by atoms with Gasteiger partial charge in [0.2, 0.25) is 0 Å². The van der Waals surface area contributed by atoms with Crippen molar-refractivity contribution >= 4 is 29.9 Å². The van der Waals surface area contributed by atoms with Gasteiger partial charge in [0.05, 0.1) is 12.3 Å². The van der Waals surface area contributed by atoms with Crippen molar-refractivity contribution in [2.75, 3.05) is 19.7 Å². The van der Waals surface area contributed by atoms with E-state index in [9.17, 15) is 0 Å². The highest BCUT2D eigenvalue weighted by Gasteiger charge is 2.12. The lowest BCUT2D eigenvalue weighted by atomic mass is 9.99. The maximum Gasteiger partial charge on any atom is 0.191 e. The quantitative estimate of drug-likeness (QED) is 0.161. The van der Waals surface area contributed by atoms with E-state index in [-0.39, 0.29) is 24.0 Å². The minimum Gasteiger partial charge on any atom is -0.377 e. The lowest BCUT2D eigenvalue weighted by Gasteiger charge is -2.11. The first kappa shape index (κ1) is 26.4. The van der Waals surface area contributed by atoms with Crippen molar-refractivity contribution in [3.05, 3.63) is 53.4 Å². The summed E-state index contributed by atoms with van der Waals surface area (Å²) in [5.74, 6) is 2.07. The van der Waals surface area contributed by atoms with E-state index in [1.807, 2.05) is 24.3 Å². The number of aromatic nitrogens is 1. The van der Waals surface area contributed by atoms with Crippen LogP contribution in [-0.2, 0) is 17.9 Å². The van der Waals surface area contributed by atoms with Gasteiger partial charge in [0.15, 0.2) is 11.7 Å². The Morgan fingerprint density at radius 3 is 2.57 bits per heavy atom. The zero-order valence-corrected chi connectivity index (χ0v) is 20.9. The van der Waals surface area contributed by atoms with Gasteiger partial charge in [0.25, 0.3) is 0 Å². The summed E-state index contributed by atoms with van der Waals surface area (Å²) in [5, 5.41) is 10.9. The molecule has 0 aliphatic heterocycles. The Morgan fingerprint density at radius 2 is 1.87 bits per heavy atom. The predicted molar refractivity (Wildman–Crippen MR) is 133 cm³/mol. The van der Waals surface area contributed by atoms with E-state index in [2.05, 4.69) is 53.7 Å². The van der Waals surface area contributed by atoms with Crippen LogP contribution in [0.2, 0.25) is 0 Å². The number of nitrogens with zero attached hydrogens (tertiary/aromatic N) is 2. The van der Waals surface area contributed by atoms with Gasteiger partial charge in [-0.1, -0.05) is 49.3 Å². The average molecular weight is 528 g/mol. The normalized spacial score (nSPS) is 11.4. The largest absolute Gasteiger partial charge is 0.377 e. The monoisotopic (exact) mass is 528 g/mol. The molecule has 0 radical (unpaired) electrons. The molecule has 0 aliphatic rings. The van der Waals surface area contributed by atoms with Crippen LogP contribution in [0.3, 0.4) is 0 Å². The Morgan fingerprint density at radius 1 is 1.10 bits per heavy atom. The standard InChI is InChI=1S/C23H36N4O2.HI/c1-4-20(5-2)22-16-21(29-27-22)17-26-23(24-6-3)25-14-10-11-15-28-18-19-12-8-7-9-13-19;/h7-9,12-13,16,20H,4-6,10-11,14-15,17-18H2,1-3H3,(H2,24,25,26);1H. The van der Waals surface area contributed by atoms with Crippen molar-refractivity contribution in [2.45, 2.75) is 65.5 Å². The van der Waals surface area contributed by atoms with Crippen LogP contribution in [0, 0.1) is 0 Å². The fourth-order valence-electron chi connectivity index (χ4n) is 3.10. The number of rotatable bonds is 13. The number of aliphatic imine (C=N–C) groups is 1. The third kappa shape index (κ3) is 9.93. The van der Waals surface area contributed by atoms with Gasteiger partial charge in [-0.05, 0) is 38.2 Å². The van der Waals surface area contributed by atoms with Crippen LogP contribution in [0.25, 0.3) is 0 Å². The van der Waals surface area contributed by atoms with Crippen molar-refractivity contribution in [2.24, 2.45) is 4.99 Å². The Balaban J connectivity index is 0.00000450. The molecular formula is C23H37IN4O2. The minimum absolute atomic E-state index is 0. The van der Waals surface area contributed by atoms with Crippen LogP contribution < -0.4 is 10.6 Å². The van der Waals surface area contributed by atoms with Gasteiger partial charge in [0.1, 0.15) is 6.54 Å². The summed E-state index contributed by atoms with van der Waals surface area (Å²) in [7, 11) is 0. The number of nitrogens with one attached hydrogen (secondary N) is 2. The molecule has 30 heavy (non-hydrogen) atoms. The van der Waals surface area contributed by atoms with E-state index in [4.69, 9.17) is 9.26 Å². The SMILES string of the molecule is CCNC(=NCc1cc(C(CC)CC)no1)NCCCCOCc1ccccc1.I. The fourth-order valence-corrected chi connectivity index (χ4v) is 3.10. The summed E-state index contributed by atoms with van der Waals surface area (Å²) in [5.41, 5.74) is 2.25. The lowest BCUT2D eigenvalue weighted by molar-refractivity contribution is 0.117. The van der Waals surface area contributed by atoms with Crippen molar-refractivity contribution in [1.29, 1.82) is 0 Å². The Bertz CT molecular complexity index is 702. The molecule has 0 aliphatic carbocycles. The molecular weight excluding hydrogens is 491 g/mol. The third-order valence-corrected chi connectivity index (χ3v) is 4.84. The number of halogens is 1. The van der Waals surface area contributed by atoms with E-state index in [1.165, 1.54) is 5.56 Å². The van der Waals surface area contributed by atoms with Gasteiger partial charge in [-0.15, -0.1) is 24.0 Å². The lowest BCUT2D eigenvalue weighted by Crippen LogP contribution is -2.37. The van der Waals surface area contributed by atoms with E-state index in [1.54, 1.807) is 0 Å². The highest BCUT2D eigenvalue weighted by Crippen LogP contribution is 2.22. The van der Waals surface area contributed by atoms with Gasteiger partial charge in [-0.2, -0.15) is 0 Å². The van der Waals surface area contributed by atoms with Crippen LogP contribution >= 0.6 is 24.0 Å². The summed E-state index contributed by atoms with van der Waals surface area (Å²) in [6.45, 7) is 10.0. The van der Waals surface area contributed by atoms with Gasteiger partial charge in [-0.25, -0.2) is 4.99 Å². The molecule has 7 heteroatoms. The molecule has 2 N–H and O–H groups in total. The summed E-state index contributed by atoms with van der Waals surface area (Å²) in [6, 6.07) is 12.3. The maximum atomic E-state index is 5.73. The van der Waals surface area contributed by atoms with E-state index in [0.29, 0.717) is 19.1 Å². The maximum absolute atomic E-state index is 5.73. The van der Waals surface area contributed by atoms with Gasteiger partial charge in [0, 0.05) is 31.7 Å². The Labute approximate surface area is 198 Å². The van der Waals surface area contributed by atoms with Crippen LogP contribution in [-0.4, -0.2) is 30.8 Å². The minimum atomic E-state index is 0. The van der Waals surface area contributed by atoms with Crippen molar-refractivity contribution in [1.82, 2.24) is 15.8 Å². The van der Waals surface area contributed by atoms with Crippen LogP contribution in [0.15, 0.2) is 45.9 Å². The smallest absolute Gasteiger partial charge is 0.191 e. The molecule has 1 heterocycles. The predicted octanol–water partition coefficient (Wildman–Crippen LogP) is 5.25. The number of hydrogen-bond acceptors (Lipinski definition) is 4. The molecule has 1 aromatic carbocycles. The summed E-state index contributed by atoms with van der Waals surface area (Å²) in [4.78, 5) is 4.61. The second-order valence-corrected chi connectivity index (χ2v) is 7.10. The first-order chi connectivity index (χ1) is 14.3. The van der Waals surface area contributed by atoms with Gasteiger partial charge in [-0.3, -0.25) is 0 Å². The molecule has 0 fully saturated rings. The second kappa shape index (κ2) is 16.1. The third-order valence-electron chi connectivity index (χ3n) is 4.84. The van der Waals surface area contributed by atoms with E-state index < -0.39 is 0 Å². The molecule has 2 aromatic rings. The van der Waals surface area contributed by atoms with Crippen LogP contribution in [0.4, 0.5) is 0 Å². The molecule has 0 saturated carbocycles. The summed E-state index contributed by atoms with van der Waals surface area (Å²) in [6.07, 6.45) is 4.19. The zero-order valence-electron chi connectivity index (χ0n) is 18.5.